The van der Waals surface area contributed by atoms with Crippen molar-refractivity contribution in [3.8, 4) is 5.75 Å². The van der Waals surface area contributed by atoms with Crippen molar-refractivity contribution in [2.75, 3.05) is 0 Å². The van der Waals surface area contributed by atoms with E-state index in [0.29, 0.717) is 17.0 Å². The molecule has 6 nitrogen and oxygen atoms in total. The van der Waals surface area contributed by atoms with Gasteiger partial charge in [0.1, 0.15) is 12.4 Å². The SMILES string of the molecule is CC(=O)c1ccc(OCc2cc(=O)n(C)c(=O)n2C)cc1. The van der Waals surface area contributed by atoms with Gasteiger partial charge in [0.15, 0.2) is 5.78 Å². The zero-order valence-electron chi connectivity index (χ0n) is 12.1. The highest BCUT2D eigenvalue weighted by atomic mass is 16.5. The monoisotopic (exact) mass is 288 g/mol. The molecule has 0 radical (unpaired) electrons. The summed E-state index contributed by atoms with van der Waals surface area (Å²) >= 11 is 0. The molecule has 2 rings (SSSR count). The van der Waals surface area contributed by atoms with Crippen LogP contribution < -0.4 is 16.0 Å². The Kier molecular flexibility index (Phi) is 4.07. The highest BCUT2D eigenvalue weighted by Crippen LogP contribution is 2.13. The standard InChI is InChI=1S/C15H16N2O4/c1-10(18)11-4-6-13(7-5-11)21-9-12-8-14(19)17(3)15(20)16(12)2/h4-8H,9H2,1-3H3. The molecule has 21 heavy (non-hydrogen) atoms. The molecule has 0 bridgehead atoms. The third-order valence-electron chi connectivity index (χ3n) is 3.27. The number of rotatable bonds is 4. The first-order chi connectivity index (χ1) is 9.90. The summed E-state index contributed by atoms with van der Waals surface area (Å²) < 4.78 is 7.94. The van der Waals surface area contributed by atoms with Crippen LogP contribution in [-0.4, -0.2) is 14.9 Å². The molecule has 0 spiro atoms. The van der Waals surface area contributed by atoms with Crippen molar-refractivity contribution in [1.29, 1.82) is 0 Å². The molecule has 1 aromatic carbocycles. The van der Waals surface area contributed by atoms with Crippen LogP contribution in [0.4, 0.5) is 0 Å². The topological polar surface area (TPSA) is 70.3 Å². The Morgan fingerprint density at radius 1 is 1.10 bits per heavy atom. The predicted molar refractivity (Wildman–Crippen MR) is 77.7 cm³/mol. The molecule has 0 N–H and O–H groups in total. The smallest absolute Gasteiger partial charge is 0.330 e. The molecule has 6 heteroatoms. The third-order valence-corrected chi connectivity index (χ3v) is 3.27. The van der Waals surface area contributed by atoms with Gasteiger partial charge >= 0.3 is 5.69 Å². The Labute approximate surface area is 121 Å². The highest BCUT2D eigenvalue weighted by molar-refractivity contribution is 5.94. The van der Waals surface area contributed by atoms with E-state index in [1.807, 2.05) is 0 Å². The molecule has 0 saturated heterocycles. The van der Waals surface area contributed by atoms with Crippen LogP contribution in [-0.2, 0) is 20.7 Å². The van der Waals surface area contributed by atoms with Gasteiger partial charge in [-0.2, -0.15) is 0 Å². The number of benzene rings is 1. The fourth-order valence-corrected chi connectivity index (χ4v) is 1.86. The van der Waals surface area contributed by atoms with Crippen molar-refractivity contribution in [3.05, 3.63) is 62.4 Å². The largest absolute Gasteiger partial charge is 0.487 e. The zero-order valence-corrected chi connectivity index (χ0v) is 12.1. The summed E-state index contributed by atoms with van der Waals surface area (Å²) in [7, 11) is 3.01. The van der Waals surface area contributed by atoms with Crippen molar-refractivity contribution < 1.29 is 9.53 Å². The average Bonchev–Trinajstić information content (AvgIpc) is 2.48. The van der Waals surface area contributed by atoms with Crippen LogP contribution in [0.3, 0.4) is 0 Å². The second-order valence-electron chi connectivity index (χ2n) is 4.74. The Morgan fingerprint density at radius 3 is 2.29 bits per heavy atom. The number of aromatic nitrogens is 2. The van der Waals surface area contributed by atoms with Crippen LogP contribution in [0.15, 0.2) is 39.9 Å². The molecule has 0 aliphatic heterocycles. The number of Topliss-reactive ketones (excluding diaryl/α,β-unsaturated/α-hetero) is 1. The summed E-state index contributed by atoms with van der Waals surface area (Å²) in [4.78, 5) is 34.5. The van der Waals surface area contributed by atoms with E-state index >= 15 is 0 Å². The van der Waals surface area contributed by atoms with Crippen LogP contribution in [0.25, 0.3) is 0 Å². The second-order valence-corrected chi connectivity index (χ2v) is 4.74. The Bertz CT molecular complexity index is 785. The zero-order chi connectivity index (χ0) is 15.6. The fourth-order valence-electron chi connectivity index (χ4n) is 1.86. The van der Waals surface area contributed by atoms with Crippen molar-refractivity contribution in [2.45, 2.75) is 13.5 Å². The van der Waals surface area contributed by atoms with E-state index < -0.39 is 5.69 Å². The fraction of sp³-hybridized carbons (Fsp3) is 0.267. The molecule has 1 aromatic heterocycles. The molecule has 0 unspecified atom stereocenters. The van der Waals surface area contributed by atoms with Crippen molar-refractivity contribution >= 4 is 5.78 Å². The summed E-state index contributed by atoms with van der Waals surface area (Å²) in [6.07, 6.45) is 0. The summed E-state index contributed by atoms with van der Waals surface area (Å²) in [6.45, 7) is 1.59. The predicted octanol–water partition coefficient (Wildman–Crippen LogP) is 0.866. The van der Waals surface area contributed by atoms with Gasteiger partial charge < -0.3 is 4.74 Å². The Balaban J connectivity index is 2.19. The quantitative estimate of drug-likeness (QED) is 0.783. The van der Waals surface area contributed by atoms with E-state index in [1.165, 1.54) is 24.6 Å². The molecule has 0 atom stereocenters. The van der Waals surface area contributed by atoms with Gasteiger partial charge in [-0.3, -0.25) is 18.7 Å². The van der Waals surface area contributed by atoms with Crippen LogP contribution in [0.1, 0.15) is 23.0 Å². The van der Waals surface area contributed by atoms with Crippen molar-refractivity contribution in [2.24, 2.45) is 14.1 Å². The van der Waals surface area contributed by atoms with Gasteiger partial charge in [0.25, 0.3) is 5.56 Å². The average molecular weight is 288 g/mol. The maximum Gasteiger partial charge on any atom is 0.330 e. The van der Waals surface area contributed by atoms with E-state index in [4.69, 9.17) is 4.74 Å². The maximum absolute atomic E-state index is 11.8. The molecule has 0 saturated carbocycles. The number of ketones is 1. The summed E-state index contributed by atoms with van der Waals surface area (Å²) in [6, 6.07) is 8.05. The number of carbonyl (C=O) groups excluding carboxylic acids is 1. The van der Waals surface area contributed by atoms with Gasteiger partial charge in [-0.25, -0.2) is 4.79 Å². The molecule has 110 valence electrons. The van der Waals surface area contributed by atoms with E-state index in [0.717, 1.165) is 4.57 Å². The summed E-state index contributed by atoms with van der Waals surface area (Å²) in [5, 5.41) is 0. The second kappa shape index (κ2) is 5.78. The van der Waals surface area contributed by atoms with Crippen LogP contribution in [0.5, 0.6) is 5.75 Å². The molecule has 0 aliphatic rings. The van der Waals surface area contributed by atoms with Gasteiger partial charge in [-0.15, -0.1) is 0 Å². The molecular formula is C15H16N2O4. The first-order valence-electron chi connectivity index (χ1n) is 6.40. The van der Waals surface area contributed by atoms with Gasteiger partial charge in [0.05, 0.1) is 5.69 Å². The minimum atomic E-state index is -0.395. The third kappa shape index (κ3) is 3.10. The van der Waals surface area contributed by atoms with E-state index in [2.05, 4.69) is 0 Å². The van der Waals surface area contributed by atoms with Crippen molar-refractivity contribution in [1.82, 2.24) is 9.13 Å². The summed E-state index contributed by atoms with van der Waals surface area (Å²) in [5.41, 5.74) is 0.318. The highest BCUT2D eigenvalue weighted by Gasteiger charge is 2.07. The van der Waals surface area contributed by atoms with E-state index in [1.54, 1.807) is 31.3 Å². The number of hydrogen-bond acceptors (Lipinski definition) is 4. The number of hydrogen-bond donors (Lipinski definition) is 0. The number of nitrogens with zero attached hydrogens (tertiary/aromatic N) is 2. The van der Waals surface area contributed by atoms with Gasteiger partial charge in [-0.1, -0.05) is 0 Å². The number of ether oxygens (including phenoxy) is 1. The van der Waals surface area contributed by atoms with E-state index in [9.17, 15) is 14.4 Å². The lowest BCUT2D eigenvalue weighted by Gasteiger charge is -2.11. The summed E-state index contributed by atoms with van der Waals surface area (Å²) in [5.74, 6) is 0.545. The minimum absolute atomic E-state index is 0.0181. The lowest BCUT2D eigenvalue weighted by Crippen LogP contribution is -2.38. The Morgan fingerprint density at radius 2 is 1.71 bits per heavy atom. The Hall–Kier alpha value is -2.63. The molecule has 0 fully saturated rings. The first-order valence-corrected chi connectivity index (χ1v) is 6.40. The lowest BCUT2D eigenvalue weighted by atomic mass is 10.1. The van der Waals surface area contributed by atoms with Crippen molar-refractivity contribution in [3.63, 3.8) is 0 Å². The molecule has 0 aliphatic carbocycles. The molecular weight excluding hydrogens is 272 g/mol. The van der Waals surface area contributed by atoms with Gasteiger partial charge in [0, 0.05) is 25.7 Å². The molecule has 2 aromatic rings. The van der Waals surface area contributed by atoms with Crippen LogP contribution in [0.2, 0.25) is 0 Å². The van der Waals surface area contributed by atoms with Gasteiger partial charge in [0.2, 0.25) is 0 Å². The van der Waals surface area contributed by atoms with Gasteiger partial charge in [-0.05, 0) is 31.2 Å². The first kappa shape index (κ1) is 14.8. The minimum Gasteiger partial charge on any atom is -0.487 e. The number of carbonyl (C=O) groups is 1. The van der Waals surface area contributed by atoms with E-state index in [-0.39, 0.29) is 17.9 Å². The van der Waals surface area contributed by atoms with Crippen LogP contribution >= 0.6 is 0 Å². The molecule has 1 heterocycles. The maximum atomic E-state index is 11.8. The van der Waals surface area contributed by atoms with Crippen LogP contribution in [0, 0.1) is 0 Å². The normalized spacial score (nSPS) is 10.4. The lowest BCUT2D eigenvalue weighted by molar-refractivity contribution is 0.101. The molecule has 0 amide bonds.